The van der Waals surface area contributed by atoms with Crippen LogP contribution in [0.5, 0.6) is 5.75 Å². The van der Waals surface area contributed by atoms with Crippen molar-refractivity contribution in [1.29, 1.82) is 0 Å². The standard InChI is InChI=1S/C20H20ClN3O3/c1-20(11-25,10-24-12-22-15-4-2-3-5-16(15)24)23-19(26)18-9-13-8-14(21)6-7-17(13)27-18/h2-8,12,18,25H,9-11H2,1H3,(H,23,26). The summed E-state index contributed by atoms with van der Waals surface area (Å²) in [7, 11) is 0. The Bertz CT molecular complexity index is 1000. The summed E-state index contributed by atoms with van der Waals surface area (Å²) in [6.07, 6.45) is 1.54. The normalized spacial score (nSPS) is 18.0. The highest BCUT2D eigenvalue weighted by atomic mass is 35.5. The Morgan fingerprint density at radius 2 is 2.22 bits per heavy atom. The van der Waals surface area contributed by atoms with Crippen LogP contribution in [0.25, 0.3) is 11.0 Å². The fourth-order valence-corrected chi connectivity index (χ4v) is 3.58. The van der Waals surface area contributed by atoms with Crippen molar-refractivity contribution in [2.75, 3.05) is 6.61 Å². The summed E-state index contributed by atoms with van der Waals surface area (Å²) >= 11 is 6.01. The molecule has 2 aromatic carbocycles. The van der Waals surface area contributed by atoms with Gasteiger partial charge in [0.1, 0.15) is 5.75 Å². The second kappa shape index (κ2) is 6.87. The molecule has 1 amide bonds. The highest BCUT2D eigenvalue weighted by Gasteiger charge is 2.34. The first kappa shape index (κ1) is 17.8. The van der Waals surface area contributed by atoms with Gasteiger partial charge in [-0.25, -0.2) is 4.98 Å². The Morgan fingerprint density at radius 3 is 3.04 bits per heavy atom. The number of para-hydroxylation sites is 2. The number of imidazole rings is 1. The van der Waals surface area contributed by atoms with E-state index in [9.17, 15) is 9.90 Å². The van der Waals surface area contributed by atoms with Gasteiger partial charge in [-0.1, -0.05) is 23.7 Å². The number of rotatable bonds is 5. The lowest BCUT2D eigenvalue weighted by atomic mass is 10.0. The third-order valence-electron chi connectivity index (χ3n) is 4.81. The number of carbonyl (C=O) groups is 1. The first-order valence-corrected chi connectivity index (χ1v) is 9.13. The van der Waals surface area contributed by atoms with Gasteiger partial charge in [-0.05, 0) is 42.8 Å². The first-order valence-electron chi connectivity index (χ1n) is 8.75. The minimum absolute atomic E-state index is 0.212. The number of ether oxygens (including phenoxy) is 1. The van der Waals surface area contributed by atoms with Crippen LogP contribution >= 0.6 is 11.6 Å². The third kappa shape index (κ3) is 3.50. The highest BCUT2D eigenvalue weighted by molar-refractivity contribution is 6.30. The topological polar surface area (TPSA) is 76.4 Å². The van der Waals surface area contributed by atoms with Gasteiger partial charge < -0.3 is 19.7 Å². The summed E-state index contributed by atoms with van der Waals surface area (Å²) < 4.78 is 7.67. The zero-order valence-electron chi connectivity index (χ0n) is 14.9. The molecule has 1 aromatic heterocycles. The van der Waals surface area contributed by atoms with Gasteiger partial charge in [0.25, 0.3) is 5.91 Å². The Morgan fingerprint density at radius 1 is 1.41 bits per heavy atom. The summed E-state index contributed by atoms with van der Waals surface area (Å²) in [6.45, 7) is 1.98. The number of aliphatic hydroxyl groups is 1. The molecule has 4 rings (SSSR count). The van der Waals surface area contributed by atoms with Gasteiger partial charge >= 0.3 is 0 Å². The van der Waals surface area contributed by atoms with Crippen LogP contribution in [0.3, 0.4) is 0 Å². The maximum absolute atomic E-state index is 12.8. The molecule has 1 aliphatic rings. The molecule has 140 valence electrons. The van der Waals surface area contributed by atoms with E-state index in [4.69, 9.17) is 16.3 Å². The zero-order chi connectivity index (χ0) is 19.0. The molecular weight excluding hydrogens is 366 g/mol. The molecule has 0 bridgehead atoms. The molecule has 2 heterocycles. The second-order valence-corrected chi connectivity index (χ2v) is 7.57. The van der Waals surface area contributed by atoms with Gasteiger partial charge in [-0.3, -0.25) is 4.79 Å². The Balaban J connectivity index is 1.49. The number of benzene rings is 2. The van der Waals surface area contributed by atoms with E-state index in [1.807, 2.05) is 34.9 Å². The average Bonchev–Trinajstić information content (AvgIpc) is 3.26. The largest absolute Gasteiger partial charge is 0.480 e. The van der Waals surface area contributed by atoms with Crippen molar-refractivity contribution in [1.82, 2.24) is 14.9 Å². The van der Waals surface area contributed by atoms with E-state index in [0.717, 1.165) is 16.6 Å². The molecule has 2 N–H and O–H groups in total. The fraction of sp³-hybridized carbons (Fsp3) is 0.300. The van der Waals surface area contributed by atoms with E-state index < -0.39 is 11.6 Å². The molecule has 0 saturated heterocycles. The summed E-state index contributed by atoms with van der Waals surface area (Å²) in [4.78, 5) is 17.1. The van der Waals surface area contributed by atoms with Crippen molar-refractivity contribution in [2.45, 2.75) is 31.5 Å². The number of aromatic nitrogens is 2. The number of nitrogens with zero attached hydrogens (tertiary/aromatic N) is 2. The predicted octanol–water partition coefficient (Wildman–Crippen LogP) is 2.56. The Kier molecular flexibility index (Phi) is 4.53. The van der Waals surface area contributed by atoms with E-state index in [-0.39, 0.29) is 12.5 Å². The number of carbonyl (C=O) groups excluding carboxylic acids is 1. The molecule has 0 fully saturated rings. The monoisotopic (exact) mass is 385 g/mol. The zero-order valence-corrected chi connectivity index (χ0v) is 15.6. The van der Waals surface area contributed by atoms with E-state index in [0.29, 0.717) is 23.7 Å². The van der Waals surface area contributed by atoms with E-state index >= 15 is 0 Å². The predicted molar refractivity (Wildman–Crippen MR) is 103 cm³/mol. The molecule has 0 spiro atoms. The van der Waals surface area contributed by atoms with Crippen LogP contribution in [0.2, 0.25) is 5.02 Å². The summed E-state index contributed by atoms with van der Waals surface area (Å²) in [6, 6.07) is 13.1. The second-order valence-electron chi connectivity index (χ2n) is 7.13. The van der Waals surface area contributed by atoms with Crippen LogP contribution in [0.15, 0.2) is 48.8 Å². The van der Waals surface area contributed by atoms with E-state index in [1.54, 1.807) is 25.4 Å². The highest BCUT2D eigenvalue weighted by Crippen LogP contribution is 2.31. The number of halogens is 1. The lowest BCUT2D eigenvalue weighted by molar-refractivity contribution is -0.129. The Labute approximate surface area is 161 Å². The van der Waals surface area contributed by atoms with Gasteiger partial charge in [0, 0.05) is 18.0 Å². The van der Waals surface area contributed by atoms with Crippen molar-refractivity contribution >= 4 is 28.5 Å². The van der Waals surface area contributed by atoms with Crippen LogP contribution in [0, 0.1) is 0 Å². The number of fused-ring (bicyclic) bond motifs is 2. The molecular formula is C20H20ClN3O3. The molecule has 0 radical (unpaired) electrons. The van der Waals surface area contributed by atoms with Crippen molar-refractivity contribution in [3.63, 3.8) is 0 Å². The van der Waals surface area contributed by atoms with Gasteiger partial charge in [0.2, 0.25) is 0 Å². The van der Waals surface area contributed by atoms with Crippen LogP contribution in [0.4, 0.5) is 0 Å². The summed E-state index contributed by atoms with van der Waals surface area (Å²) in [5, 5.41) is 13.5. The van der Waals surface area contributed by atoms with E-state index in [2.05, 4.69) is 10.3 Å². The summed E-state index contributed by atoms with van der Waals surface area (Å²) in [5.41, 5.74) is 1.88. The maximum atomic E-state index is 12.8. The molecule has 2 atom stereocenters. The maximum Gasteiger partial charge on any atom is 0.261 e. The van der Waals surface area contributed by atoms with Crippen LogP contribution in [-0.4, -0.2) is 38.8 Å². The molecule has 0 saturated carbocycles. The van der Waals surface area contributed by atoms with Gasteiger partial charge in [0.15, 0.2) is 6.10 Å². The molecule has 7 heteroatoms. The number of aliphatic hydroxyl groups excluding tert-OH is 1. The van der Waals surface area contributed by atoms with Crippen molar-refractivity contribution < 1.29 is 14.6 Å². The fourth-order valence-electron chi connectivity index (χ4n) is 3.38. The minimum Gasteiger partial charge on any atom is -0.480 e. The van der Waals surface area contributed by atoms with Gasteiger partial charge in [-0.15, -0.1) is 0 Å². The van der Waals surface area contributed by atoms with Crippen LogP contribution in [0.1, 0.15) is 12.5 Å². The lowest BCUT2D eigenvalue weighted by Crippen LogP contribution is -2.55. The smallest absolute Gasteiger partial charge is 0.261 e. The molecule has 3 aromatic rings. The van der Waals surface area contributed by atoms with Crippen molar-refractivity contribution in [2.24, 2.45) is 0 Å². The molecule has 6 nitrogen and oxygen atoms in total. The van der Waals surface area contributed by atoms with Crippen molar-refractivity contribution in [3.05, 3.63) is 59.4 Å². The van der Waals surface area contributed by atoms with E-state index in [1.165, 1.54) is 0 Å². The quantitative estimate of drug-likeness (QED) is 0.707. The SMILES string of the molecule is CC(CO)(Cn1cnc2ccccc21)NC(=O)C1Cc2cc(Cl)ccc2O1. The average molecular weight is 386 g/mol. The minimum atomic E-state index is -0.851. The van der Waals surface area contributed by atoms with Crippen molar-refractivity contribution in [3.8, 4) is 5.75 Å². The van der Waals surface area contributed by atoms with Gasteiger partial charge in [0.05, 0.1) is 29.5 Å². The van der Waals surface area contributed by atoms with Crippen LogP contribution < -0.4 is 10.1 Å². The molecule has 27 heavy (non-hydrogen) atoms. The van der Waals surface area contributed by atoms with Gasteiger partial charge in [-0.2, -0.15) is 0 Å². The molecule has 2 unspecified atom stereocenters. The molecule has 0 aliphatic carbocycles. The summed E-state index contributed by atoms with van der Waals surface area (Å²) in [5.74, 6) is 0.411. The Hall–Kier alpha value is -2.57. The number of nitrogens with one attached hydrogen (secondary N) is 1. The number of hydrogen-bond acceptors (Lipinski definition) is 4. The third-order valence-corrected chi connectivity index (χ3v) is 5.05. The number of hydrogen-bond donors (Lipinski definition) is 2. The lowest BCUT2D eigenvalue weighted by Gasteiger charge is -2.30. The van der Waals surface area contributed by atoms with Crippen LogP contribution in [-0.2, 0) is 17.8 Å². The first-order chi connectivity index (χ1) is 13.0. The molecule has 1 aliphatic heterocycles. The number of amides is 1.